The van der Waals surface area contributed by atoms with Crippen molar-refractivity contribution in [2.45, 2.75) is 31.0 Å². The number of fused-ring (bicyclic) bond motifs is 1. The van der Waals surface area contributed by atoms with Crippen molar-refractivity contribution < 1.29 is 9.18 Å². The van der Waals surface area contributed by atoms with Gasteiger partial charge in [0.05, 0.1) is 22.3 Å². The highest BCUT2D eigenvalue weighted by Crippen LogP contribution is 2.36. The monoisotopic (exact) mass is 383 g/mol. The molecule has 0 saturated heterocycles. The highest BCUT2D eigenvalue weighted by atomic mass is 32.2. The van der Waals surface area contributed by atoms with Gasteiger partial charge in [-0.05, 0) is 49.6 Å². The molecule has 4 rings (SSSR count). The molecule has 1 aromatic heterocycles. The number of aryl methyl sites for hydroxylation is 1. The molecule has 0 bridgehead atoms. The number of amides is 1. The molecule has 0 aliphatic heterocycles. The van der Waals surface area contributed by atoms with E-state index in [1.54, 1.807) is 35.8 Å². The first-order chi connectivity index (χ1) is 13.0. The highest BCUT2D eigenvalue weighted by molar-refractivity contribution is 7.99. The molecule has 1 heterocycles. The smallest absolute Gasteiger partial charge is 0.262 e. The zero-order valence-electron chi connectivity index (χ0n) is 14.7. The molecule has 138 valence electrons. The summed E-state index contributed by atoms with van der Waals surface area (Å²) >= 11 is 1.20. The summed E-state index contributed by atoms with van der Waals surface area (Å²) in [7, 11) is 0. The Kier molecular flexibility index (Phi) is 4.70. The van der Waals surface area contributed by atoms with Gasteiger partial charge in [0, 0.05) is 6.04 Å². The number of anilines is 1. The van der Waals surface area contributed by atoms with Crippen LogP contribution >= 0.6 is 11.8 Å². The second-order valence-corrected chi connectivity index (χ2v) is 7.58. The van der Waals surface area contributed by atoms with E-state index in [0.717, 1.165) is 18.4 Å². The Bertz CT molecular complexity index is 1090. The molecular formula is C20H18FN3O2S. The lowest BCUT2D eigenvalue weighted by molar-refractivity contribution is -0.113. The largest absolute Gasteiger partial charge is 0.323 e. The van der Waals surface area contributed by atoms with E-state index in [1.165, 1.54) is 17.8 Å². The summed E-state index contributed by atoms with van der Waals surface area (Å²) < 4.78 is 15.6. The van der Waals surface area contributed by atoms with Crippen LogP contribution in [0.25, 0.3) is 10.9 Å². The van der Waals surface area contributed by atoms with Gasteiger partial charge >= 0.3 is 0 Å². The molecule has 0 unspecified atom stereocenters. The van der Waals surface area contributed by atoms with Gasteiger partial charge in [0.25, 0.3) is 5.56 Å². The van der Waals surface area contributed by atoms with Crippen molar-refractivity contribution in [1.29, 1.82) is 0 Å². The summed E-state index contributed by atoms with van der Waals surface area (Å²) in [6, 6.07) is 12.0. The second kappa shape index (κ2) is 7.15. The molecule has 7 heteroatoms. The molecule has 1 saturated carbocycles. The van der Waals surface area contributed by atoms with Crippen molar-refractivity contribution in [2.24, 2.45) is 0 Å². The summed E-state index contributed by atoms with van der Waals surface area (Å²) in [5.74, 6) is -0.760. The first-order valence-corrected chi connectivity index (χ1v) is 9.71. The zero-order valence-corrected chi connectivity index (χ0v) is 15.6. The van der Waals surface area contributed by atoms with Gasteiger partial charge in [-0.3, -0.25) is 14.2 Å². The minimum absolute atomic E-state index is 0.0464. The zero-order chi connectivity index (χ0) is 19.0. The standard InChI is InChI=1S/C20H18FN3O2S/c1-12-6-9-17(15(21)10-12)22-18(25)11-27-20-23-16-5-3-2-4-14(16)19(26)24(20)13-7-8-13/h2-6,9-10,13H,7-8,11H2,1H3,(H,22,25). The van der Waals surface area contributed by atoms with E-state index in [0.29, 0.717) is 16.1 Å². The van der Waals surface area contributed by atoms with E-state index in [-0.39, 0.29) is 28.9 Å². The van der Waals surface area contributed by atoms with Gasteiger partial charge in [-0.1, -0.05) is 30.0 Å². The third-order valence-corrected chi connectivity index (χ3v) is 5.37. The molecule has 1 amide bonds. The molecule has 3 aromatic rings. The maximum Gasteiger partial charge on any atom is 0.262 e. The molecule has 2 aromatic carbocycles. The van der Waals surface area contributed by atoms with Crippen LogP contribution in [-0.4, -0.2) is 21.2 Å². The van der Waals surface area contributed by atoms with Crippen molar-refractivity contribution in [1.82, 2.24) is 9.55 Å². The molecule has 27 heavy (non-hydrogen) atoms. The van der Waals surface area contributed by atoms with Gasteiger partial charge in [-0.2, -0.15) is 0 Å². The third kappa shape index (κ3) is 3.73. The van der Waals surface area contributed by atoms with E-state index >= 15 is 0 Å². The molecule has 1 aliphatic carbocycles. The van der Waals surface area contributed by atoms with Gasteiger partial charge in [0.1, 0.15) is 5.82 Å². The lowest BCUT2D eigenvalue weighted by Crippen LogP contribution is -2.23. The number of aromatic nitrogens is 2. The van der Waals surface area contributed by atoms with Crippen molar-refractivity contribution in [2.75, 3.05) is 11.1 Å². The molecule has 1 fully saturated rings. The lowest BCUT2D eigenvalue weighted by Gasteiger charge is -2.12. The quantitative estimate of drug-likeness (QED) is 0.536. The number of rotatable bonds is 5. The summed E-state index contributed by atoms with van der Waals surface area (Å²) in [6.07, 6.45) is 1.88. The lowest BCUT2D eigenvalue weighted by atomic mass is 10.2. The number of nitrogens with one attached hydrogen (secondary N) is 1. The van der Waals surface area contributed by atoms with Crippen molar-refractivity contribution in [3.63, 3.8) is 0 Å². The summed E-state index contributed by atoms with van der Waals surface area (Å²) in [6.45, 7) is 1.78. The first kappa shape index (κ1) is 17.7. The Morgan fingerprint density at radius 3 is 2.81 bits per heavy atom. The topological polar surface area (TPSA) is 64.0 Å². The van der Waals surface area contributed by atoms with Crippen LogP contribution in [0.5, 0.6) is 0 Å². The van der Waals surface area contributed by atoms with E-state index in [2.05, 4.69) is 10.3 Å². The Balaban J connectivity index is 1.55. The average Bonchev–Trinajstić information content (AvgIpc) is 3.47. The van der Waals surface area contributed by atoms with Crippen LogP contribution in [0.4, 0.5) is 10.1 Å². The van der Waals surface area contributed by atoms with Gasteiger partial charge in [-0.15, -0.1) is 0 Å². The fraction of sp³-hybridized carbons (Fsp3) is 0.250. The fourth-order valence-electron chi connectivity index (χ4n) is 2.92. The number of hydrogen-bond acceptors (Lipinski definition) is 4. The summed E-state index contributed by atoms with van der Waals surface area (Å²) in [5.41, 5.74) is 1.48. The van der Waals surface area contributed by atoms with Crippen molar-refractivity contribution in [3.05, 3.63) is 64.2 Å². The number of halogens is 1. The molecule has 5 nitrogen and oxygen atoms in total. The Labute approximate surface area is 159 Å². The molecule has 0 radical (unpaired) electrons. The molecule has 1 N–H and O–H groups in total. The minimum Gasteiger partial charge on any atom is -0.323 e. The van der Waals surface area contributed by atoms with E-state index in [4.69, 9.17) is 0 Å². The van der Waals surface area contributed by atoms with E-state index in [9.17, 15) is 14.0 Å². The number of carbonyl (C=O) groups excluding carboxylic acids is 1. The molecular weight excluding hydrogens is 365 g/mol. The minimum atomic E-state index is -0.466. The Morgan fingerprint density at radius 2 is 2.07 bits per heavy atom. The van der Waals surface area contributed by atoms with E-state index < -0.39 is 5.82 Å². The first-order valence-electron chi connectivity index (χ1n) is 8.73. The van der Waals surface area contributed by atoms with Crippen molar-refractivity contribution in [3.8, 4) is 0 Å². The Morgan fingerprint density at radius 1 is 1.30 bits per heavy atom. The van der Waals surface area contributed by atoms with Crippen LogP contribution in [0.15, 0.2) is 52.4 Å². The second-order valence-electron chi connectivity index (χ2n) is 6.64. The number of carbonyl (C=O) groups is 1. The predicted molar refractivity (Wildman–Crippen MR) is 105 cm³/mol. The van der Waals surface area contributed by atoms with Gasteiger partial charge in [0.15, 0.2) is 5.16 Å². The van der Waals surface area contributed by atoms with Crippen LogP contribution in [0.2, 0.25) is 0 Å². The molecule has 0 spiro atoms. The summed E-state index contributed by atoms with van der Waals surface area (Å²) in [5, 5.41) is 3.69. The fourth-order valence-corrected chi connectivity index (χ4v) is 3.79. The van der Waals surface area contributed by atoms with Crippen LogP contribution in [0, 0.1) is 12.7 Å². The Hall–Kier alpha value is -2.67. The third-order valence-electron chi connectivity index (χ3n) is 4.42. The van der Waals surface area contributed by atoms with Gasteiger partial charge < -0.3 is 5.32 Å². The molecule has 1 aliphatic rings. The number of benzene rings is 2. The average molecular weight is 383 g/mol. The number of thioether (sulfide) groups is 1. The normalized spacial score (nSPS) is 13.7. The summed E-state index contributed by atoms with van der Waals surface area (Å²) in [4.78, 5) is 29.6. The van der Waals surface area contributed by atoms with E-state index in [1.807, 2.05) is 12.1 Å². The SMILES string of the molecule is Cc1ccc(NC(=O)CSc2nc3ccccc3c(=O)n2C2CC2)c(F)c1. The number of nitrogens with zero attached hydrogens (tertiary/aromatic N) is 2. The molecule has 0 atom stereocenters. The van der Waals surface area contributed by atoms with Crippen LogP contribution in [-0.2, 0) is 4.79 Å². The number of hydrogen-bond donors (Lipinski definition) is 1. The maximum absolute atomic E-state index is 13.9. The van der Waals surface area contributed by atoms with Crippen LogP contribution < -0.4 is 10.9 Å². The predicted octanol–water partition coefficient (Wildman–Crippen LogP) is 3.91. The highest BCUT2D eigenvalue weighted by Gasteiger charge is 2.28. The number of para-hydroxylation sites is 1. The van der Waals surface area contributed by atoms with Crippen LogP contribution in [0.1, 0.15) is 24.4 Å². The van der Waals surface area contributed by atoms with Crippen LogP contribution in [0.3, 0.4) is 0 Å². The van der Waals surface area contributed by atoms with Gasteiger partial charge in [-0.25, -0.2) is 9.37 Å². The van der Waals surface area contributed by atoms with Crippen molar-refractivity contribution >= 4 is 34.3 Å². The van der Waals surface area contributed by atoms with Gasteiger partial charge in [0.2, 0.25) is 5.91 Å². The maximum atomic E-state index is 13.9.